The summed E-state index contributed by atoms with van der Waals surface area (Å²) in [6.45, 7) is 1.67. The zero-order valence-corrected chi connectivity index (χ0v) is 15.4. The third kappa shape index (κ3) is 4.25. The first-order valence-corrected chi connectivity index (χ1v) is 8.88. The largest absolute Gasteiger partial charge is 0.465 e. The van der Waals surface area contributed by atoms with Gasteiger partial charge in [-0.05, 0) is 18.6 Å². The molecule has 0 saturated heterocycles. The molecule has 0 radical (unpaired) electrons. The predicted octanol–water partition coefficient (Wildman–Crippen LogP) is 3.65. The molecule has 144 valence electrons. The molecule has 0 bridgehead atoms. The van der Waals surface area contributed by atoms with Crippen LogP contribution in [0.3, 0.4) is 0 Å². The number of esters is 1. The van der Waals surface area contributed by atoms with Gasteiger partial charge in [-0.15, -0.1) is 5.12 Å². The highest BCUT2D eigenvalue weighted by Gasteiger charge is 2.34. The van der Waals surface area contributed by atoms with Gasteiger partial charge in [0.1, 0.15) is 0 Å². The Labute approximate surface area is 162 Å². The van der Waals surface area contributed by atoms with Crippen molar-refractivity contribution in [3.05, 3.63) is 73.3 Å². The van der Waals surface area contributed by atoms with Crippen LogP contribution in [0.25, 0.3) is 11.1 Å². The highest BCUT2D eigenvalue weighted by atomic mass is 19.2. The van der Waals surface area contributed by atoms with Gasteiger partial charge in [0.25, 0.3) is 5.91 Å². The topological polar surface area (TPSA) is 64.4 Å². The van der Waals surface area contributed by atoms with Crippen molar-refractivity contribution in [3.63, 3.8) is 0 Å². The van der Waals surface area contributed by atoms with Gasteiger partial charge in [-0.1, -0.05) is 53.0 Å². The Morgan fingerprint density at radius 3 is 2.54 bits per heavy atom. The number of halogens is 1. The number of hydrogen-bond acceptors (Lipinski definition) is 4. The van der Waals surface area contributed by atoms with E-state index in [1.807, 2.05) is 30.3 Å². The molecule has 0 saturated carbocycles. The minimum Gasteiger partial charge on any atom is -0.465 e. The zero-order chi connectivity index (χ0) is 19.9. The number of aromatic nitrogens is 2. The van der Waals surface area contributed by atoms with Crippen molar-refractivity contribution >= 4 is 17.6 Å². The molecule has 0 unspecified atom stereocenters. The molecule has 3 aromatic rings. The number of imidazole rings is 1. The molecule has 0 aliphatic heterocycles. The normalized spacial score (nSPS) is 11.6. The number of hydrogen-bond donors (Lipinski definition) is 0. The Morgan fingerprint density at radius 1 is 1.14 bits per heavy atom. The Balaban J connectivity index is 1.92. The van der Waals surface area contributed by atoms with Gasteiger partial charge in [0.05, 0.1) is 18.6 Å². The van der Waals surface area contributed by atoms with E-state index in [0.717, 1.165) is 5.56 Å². The van der Waals surface area contributed by atoms with Gasteiger partial charge in [-0.3, -0.25) is 9.59 Å². The quantitative estimate of drug-likeness (QED) is 0.356. The van der Waals surface area contributed by atoms with Crippen molar-refractivity contribution < 1.29 is 18.8 Å². The summed E-state index contributed by atoms with van der Waals surface area (Å²) in [6, 6.07) is 15.8. The molecule has 1 amide bonds. The van der Waals surface area contributed by atoms with E-state index in [1.165, 1.54) is 23.2 Å². The van der Waals surface area contributed by atoms with Crippen LogP contribution < -0.4 is 5.12 Å². The lowest BCUT2D eigenvalue weighted by atomic mass is 10.0. The third-order valence-electron chi connectivity index (χ3n) is 4.22. The van der Waals surface area contributed by atoms with E-state index in [9.17, 15) is 9.59 Å². The fourth-order valence-electron chi connectivity index (χ4n) is 2.86. The fraction of sp³-hybridized carbons (Fsp3) is 0.190. The molecular formula is C21H20FN3O3. The van der Waals surface area contributed by atoms with Crippen LogP contribution in [-0.2, 0) is 20.9 Å². The maximum absolute atomic E-state index is 15.2. The van der Waals surface area contributed by atoms with Crippen LogP contribution >= 0.6 is 0 Å². The summed E-state index contributed by atoms with van der Waals surface area (Å²) in [4.78, 5) is 29.1. The van der Waals surface area contributed by atoms with Crippen LogP contribution in [0.2, 0.25) is 0 Å². The fourth-order valence-corrected chi connectivity index (χ4v) is 2.86. The number of ether oxygens (including phenoxy) is 1. The Bertz CT molecular complexity index is 929. The number of benzene rings is 2. The monoisotopic (exact) mass is 381 g/mol. The molecule has 0 fully saturated rings. The molecule has 0 aliphatic carbocycles. The van der Waals surface area contributed by atoms with Gasteiger partial charge in [0.15, 0.2) is 5.92 Å². The average Bonchev–Trinajstić information content (AvgIpc) is 3.25. The highest BCUT2D eigenvalue weighted by molar-refractivity contribution is 6.06. The highest BCUT2D eigenvalue weighted by Crippen LogP contribution is 2.32. The number of carbonyl (C=O) groups excluding carboxylic acids is 2. The average molecular weight is 381 g/mol. The Hall–Kier alpha value is -3.48. The van der Waals surface area contributed by atoms with E-state index in [4.69, 9.17) is 4.74 Å². The van der Waals surface area contributed by atoms with Crippen molar-refractivity contribution in [3.8, 4) is 11.1 Å². The van der Waals surface area contributed by atoms with Crippen molar-refractivity contribution in [2.24, 2.45) is 5.92 Å². The van der Waals surface area contributed by atoms with Gasteiger partial charge < -0.3 is 9.30 Å². The van der Waals surface area contributed by atoms with Gasteiger partial charge in [-0.2, -0.15) is 0 Å². The molecule has 1 aromatic heterocycles. The van der Waals surface area contributed by atoms with Gasteiger partial charge in [-0.25, -0.2) is 4.98 Å². The number of carbonyl (C=O) groups is 2. The second kappa shape index (κ2) is 8.94. The summed E-state index contributed by atoms with van der Waals surface area (Å²) in [7, 11) is 0. The summed E-state index contributed by atoms with van der Waals surface area (Å²) in [5.41, 5.74) is 1.37. The van der Waals surface area contributed by atoms with Crippen molar-refractivity contribution in [2.45, 2.75) is 13.5 Å². The second-order valence-electron chi connectivity index (χ2n) is 6.07. The van der Waals surface area contributed by atoms with E-state index in [1.54, 1.807) is 31.3 Å². The van der Waals surface area contributed by atoms with E-state index in [-0.39, 0.29) is 24.0 Å². The minimum absolute atomic E-state index is 0.0286. The van der Waals surface area contributed by atoms with Crippen LogP contribution in [0.4, 0.5) is 10.2 Å². The summed E-state index contributed by atoms with van der Waals surface area (Å²) < 4.78 is 21.7. The number of rotatable bonds is 7. The molecule has 0 aliphatic rings. The summed E-state index contributed by atoms with van der Waals surface area (Å²) in [5.74, 6) is -3.10. The van der Waals surface area contributed by atoms with Gasteiger partial charge >= 0.3 is 5.97 Å². The van der Waals surface area contributed by atoms with E-state index < -0.39 is 17.8 Å². The molecule has 28 heavy (non-hydrogen) atoms. The van der Waals surface area contributed by atoms with Gasteiger partial charge in [0, 0.05) is 24.5 Å². The van der Waals surface area contributed by atoms with Crippen molar-refractivity contribution in [1.29, 1.82) is 0 Å². The predicted molar refractivity (Wildman–Crippen MR) is 103 cm³/mol. The molecule has 1 heterocycles. The lowest BCUT2D eigenvalue weighted by Gasteiger charge is -2.21. The number of anilines is 1. The smallest absolute Gasteiger partial charge is 0.320 e. The maximum Gasteiger partial charge on any atom is 0.320 e. The van der Waals surface area contributed by atoms with E-state index in [0.29, 0.717) is 5.56 Å². The second-order valence-corrected chi connectivity index (χ2v) is 6.07. The number of para-hydroxylation sites is 1. The van der Waals surface area contributed by atoms with Crippen LogP contribution in [0.5, 0.6) is 0 Å². The first kappa shape index (κ1) is 19.3. The standard InChI is InChI=1S/C21H20FN3O3/c1-2-28-21(27)18(14-24-13-12-23-15-24)20(26)25(22)19-11-7-6-10-17(19)16-8-4-3-5-9-16/h3-13,15,18H,2,14H2,1H3/t18-/m0/s1. The molecule has 3 rings (SSSR count). The molecule has 7 heteroatoms. The van der Waals surface area contributed by atoms with Crippen LogP contribution in [0.15, 0.2) is 73.3 Å². The minimum atomic E-state index is -1.33. The van der Waals surface area contributed by atoms with Crippen LogP contribution in [0, 0.1) is 5.92 Å². The van der Waals surface area contributed by atoms with E-state index >= 15 is 4.48 Å². The zero-order valence-electron chi connectivity index (χ0n) is 15.4. The maximum atomic E-state index is 15.2. The Kier molecular flexibility index (Phi) is 6.16. The summed E-state index contributed by atoms with van der Waals surface area (Å²) >= 11 is 0. The SMILES string of the molecule is CCOC(=O)[C@@H](Cn1ccnc1)C(=O)N(F)c1ccccc1-c1ccccc1. The lowest BCUT2D eigenvalue weighted by molar-refractivity contribution is -0.152. The van der Waals surface area contributed by atoms with Crippen LogP contribution in [0.1, 0.15) is 6.92 Å². The first-order chi connectivity index (χ1) is 13.6. The van der Waals surface area contributed by atoms with Crippen LogP contribution in [-0.4, -0.2) is 28.0 Å². The van der Waals surface area contributed by atoms with Crippen molar-refractivity contribution in [1.82, 2.24) is 9.55 Å². The summed E-state index contributed by atoms with van der Waals surface area (Å²) in [5, 5.41) is 0.0286. The molecule has 0 spiro atoms. The van der Waals surface area contributed by atoms with Gasteiger partial charge in [0.2, 0.25) is 0 Å². The van der Waals surface area contributed by atoms with Crippen molar-refractivity contribution in [2.75, 3.05) is 11.7 Å². The van der Waals surface area contributed by atoms with E-state index in [2.05, 4.69) is 4.98 Å². The molecule has 2 aromatic carbocycles. The Morgan fingerprint density at radius 2 is 1.86 bits per heavy atom. The molecule has 0 N–H and O–H groups in total. The third-order valence-corrected chi connectivity index (χ3v) is 4.22. The molecule has 1 atom stereocenters. The number of amides is 1. The lowest BCUT2D eigenvalue weighted by Crippen LogP contribution is -2.38. The first-order valence-electron chi connectivity index (χ1n) is 8.88. The number of nitrogens with zero attached hydrogens (tertiary/aromatic N) is 3. The molecule has 6 nitrogen and oxygen atoms in total. The molecular weight excluding hydrogens is 361 g/mol. The summed E-state index contributed by atoms with van der Waals surface area (Å²) in [6.07, 6.45) is 4.57.